The predicted molar refractivity (Wildman–Crippen MR) is 57.6 cm³/mol. The second-order valence-corrected chi connectivity index (χ2v) is 2.78. The van der Waals surface area contributed by atoms with Gasteiger partial charge in [0.2, 0.25) is 0 Å². The van der Waals surface area contributed by atoms with Crippen molar-refractivity contribution in [3.05, 3.63) is 29.6 Å². The van der Waals surface area contributed by atoms with Crippen molar-refractivity contribution in [2.75, 3.05) is 0 Å². The van der Waals surface area contributed by atoms with Crippen molar-refractivity contribution in [1.82, 2.24) is 4.98 Å². The Balaban J connectivity index is 0.000000671. The van der Waals surface area contributed by atoms with Crippen LogP contribution in [-0.2, 0) is 0 Å². The summed E-state index contributed by atoms with van der Waals surface area (Å²) in [5, 5.41) is 0. The maximum Gasteiger partial charge on any atom is 0.112 e. The van der Waals surface area contributed by atoms with Crippen molar-refractivity contribution < 1.29 is 0 Å². The van der Waals surface area contributed by atoms with Crippen molar-refractivity contribution in [3.63, 3.8) is 0 Å². The molecule has 1 aromatic heterocycles. The summed E-state index contributed by atoms with van der Waals surface area (Å²) < 4.78 is 0. The lowest BCUT2D eigenvalue weighted by atomic mass is 10.1. The molecule has 1 heterocycles. The lowest BCUT2D eigenvalue weighted by Crippen LogP contribution is -1.89. The first-order valence-corrected chi connectivity index (χ1v) is 4.66. The summed E-state index contributed by atoms with van der Waals surface area (Å²) in [4.78, 5) is 4.08. The number of nitrogens with zero attached hydrogens (tertiary/aromatic N) is 1. The zero-order valence-corrected chi connectivity index (χ0v) is 8.83. The number of rotatable bonds is 1. The molecular weight excluding hydrogens is 158 g/mol. The average Bonchev–Trinajstić information content (AvgIpc) is 2.21. The van der Waals surface area contributed by atoms with Gasteiger partial charge in [-0.25, -0.2) is 4.98 Å². The summed E-state index contributed by atoms with van der Waals surface area (Å²) in [6.45, 7) is 8.26. The molecule has 13 heavy (non-hydrogen) atoms. The first-order valence-electron chi connectivity index (χ1n) is 4.66. The fourth-order valence-electron chi connectivity index (χ4n) is 0.832. The first-order chi connectivity index (χ1) is 6.24. The van der Waals surface area contributed by atoms with E-state index in [-0.39, 0.29) is 0 Å². The third kappa shape index (κ3) is 3.75. The van der Waals surface area contributed by atoms with Crippen molar-refractivity contribution in [1.29, 1.82) is 0 Å². The van der Waals surface area contributed by atoms with Gasteiger partial charge in [0.05, 0.1) is 0 Å². The maximum atomic E-state index is 5.16. The van der Waals surface area contributed by atoms with Crippen LogP contribution < -0.4 is 0 Å². The Morgan fingerprint density at radius 1 is 1.31 bits per heavy atom. The minimum atomic E-state index is 0.523. The zero-order chi connectivity index (χ0) is 10.3. The van der Waals surface area contributed by atoms with Gasteiger partial charge in [-0.1, -0.05) is 39.7 Å². The van der Waals surface area contributed by atoms with Crippen LogP contribution >= 0.6 is 0 Å². The van der Waals surface area contributed by atoms with Crippen LogP contribution in [0.15, 0.2) is 18.3 Å². The van der Waals surface area contributed by atoms with Crippen LogP contribution in [-0.4, -0.2) is 4.98 Å². The van der Waals surface area contributed by atoms with E-state index in [0.717, 1.165) is 0 Å². The zero-order valence-electron chi connectivity index (χ0n) is 8.83. The Hall–Kier alpha value is -1.29. The lowest BCUT2D eigenvalue weighted by Gasteiger charge is -2.02. The summed E-state index contributed by atoms with van der Waals surface area (Å²) in [6.07, 6.45) is 7.00. The molecule has 1 rings (SSSR count). The number of aromatic nitrogens is 1. The van der Waals surface area contributed by atoms with Gasteiger partial charge in [-0.2, -0.15) is 0 Å². The lowest BCUT2D eigenvalue weighted by molar-refractivity contribution is 0.857. The van der Waals surface area contributed by atoms with E-state index in [2.05, 4.69) is 24.8 Å². The summed E-state index contributed by atoms with van der Waals surface area (Å²) in [7, 11) is 0. The quantitative estimate of drug-likeness (QED) is 0.597. The molecule has 0 amide bonds. The molecule has 0 saturated carbocycles. The molecule has 0 aliphatic heterocycles. The minimum Gasteiger partial charge on any atom is -0.248 e. The number of terminal acetylenes is 1. The van der Waals surface area contributed by atoms with Gasteiger partial charge in [-0.05, 0) is 17.5 Å². The van der Waals surface area contributed by atoms with E-state index in [1.54, 1.807) is 0 Å². The first kappa shape index (κ1) is 11.7. The fraction of sp³-hybridized carbons (Fsp3) is 0.417. The molecule has 1 nitrogen and oxygen atoms in total. The average molecular weight is 175 g/mol. The summed E-state index contributed by atoms with van der Waals surface area (Å²) >= 11 is 0. The van der Waals surface area contributed by atoms with Gasteiger partial charge < -0.3 is 0 Å². The van der Waals surface area contributed by atoms with Gasteiger partial charge in [0.1, 0.15) is 5.69 Å². The molecule has 0 aliphatic carbocycles. The third-order valence-corrected chi connectivity index (χ3v) is 1.60. The molecule has 0 saturated heterocycles. The molecule has 0 aliphatic rings. The molecule has 0 atom stereocenters. The highest BCUT2D eigenvalue weighted by Crippen LogP contribution is 2.11. The van der Waals surface area contributed by atoms with E-state index in [9.17, 15) is 0 Å². The van der Waals surface area contributed by atoms with E-state index >= 15 is 0 Å². The summed E-state index contributed by atoms with van der Waals surface area (Å²) in [5.74, 6) is 3.00. The molecule has 0 radical (unpaired) electrons. The topological polar surface area (TPSA) is 12.9 Å². The van der Waals surface area contributed by atoms with Gasteiger partial charge in [0, 0.05) is 6.20 Å². The second kappa shape index (κ2) is 6.25. The highest BCUT2D eigenvalue weighted by atomic mass is 14.7. The van der Waals surface area contributed by atoms with Crippen LogP contribution in [0.25, 0.3) is 0 Å². The standard InChI is InChI=1S/C10H11N.C2H6/c1-4-10-6-5-9(7-11-10)8(2)3;1-2/h1,5-8H,2-3H3;1-2H3. The Labute approximate surface area is 81.2 Å². The molecule has 0 aromatic carbocycles. The molecule has 0 N–H and O–H groups in total. The molecule has 1 heteroatoms. The molecule has 0 spiro atoms. The van der Waals surface area contributed by atoms with E-state index in [0.29, 0.717) is 11.6 Å². The Morgan fingerprint density at radius 3 is 2.23 bits per heavy atom. The Morgan fingerprint density at radius 2 is 1.92 bits per heavy atom. The second-order valence-electron chi connectivity index (χ2n) is 2.78. The van der Waals surface area contributed by atoms with Gasteiger partial charge in [-0.3, -0.25) is 0 Å². The van der Waals surface area contributed by atoms with Crippen LogP contribution in [0.3, 0.4) is 0 Å². The number of hydrogen-bond acceptors (Lipinski definition) is 1. The SMILES string of the molecule is C#Cc1ccc(C(C)C)cn1.CC. The van der Waals surface area contributed by atoms with E-state index in [1.165, 1.54) is 5.56 Å². The number of hydrogen-bond donors (Lipinski definition) is 0. The summed E-state index contributed by atoms with van der Waals surface area (Å²) in [5.41, 5.74) is 1.93. The Bertz CT molecular complexity index is 264. The van der Waals surface area contributed by atoms with Crippen LogP contribution in [0.4, 0.5) is 0 Å². The van der Waals surface area contributed by atoms with Gasteiger partial charge in [-0.15, -0.1) is 6.42 Å². The maximum absolute atomic E-state index is 5.16. The van der Waals surface area contributed by atoms with Crippen LogP contribution in [0.1, 0.15) is 44.9 Å². The predicted octanol–water partition coefficient (Wildman–Crippen LogP) is 3.21. The van der Waals surface area contributed by atoms with Gasteiger partial charge in [0.15, 0.2) is 0 Å². The van der Waals surface area contributed by atoms with E-state index in [4.69, 9.17) is 6.42 Å². The Kier molecular flexibility index (Phi) is 5.63. The molecular formula is C12H17N. The van der Waals surface area contributed by atoms with Crippen LogP contribution in [0.2, 0.25) is 0 Å². The molecule has 0 fully saturated rings. The molecule has 0 bridgehead atoms. The van der Waals surface area contributed by atoms with Gasteiger partial charge >= 0.3 is 0 Å². The molecule has 70 valence electrons. The fourth-order valence-corrected chi connectivity index (χ4v) is 0.832. The van der Waals surface area contributed by atoms with Crippen LogP contribution in [0, 0.1) is 12.3 Å². The monoisotopic (exact) mass is 175 g/mol. The van der Waals surface area contributed by atoms with E-state index in [1.807, 2.05) is 32.2 Å². The van der Waals surface area contributed by atoms with Crippen LogP contribution in [0.5, 0.6) is 0 Å². The minimum absolute atomic E-state index is 0.523. The highest BCUT2D eigenvalue weighted by Gasteiger charge is 1.97. The largest absolute Gasteiger partial charge is 0.248 e. The van der Waals surface area contributed by atoms with Crippen molar-refractivity contribution >= 4 is 0 Å². The van der Waals surface area contributed by atoms with Crippen molar-refractivity contribution in [2.24, 2.45) is 0 Å². The van der Waals surface area contributed by atoms with Crippen molar-refractivity contribution in [2.45, 2.75) is 33.6 Å². The highest BCUT2D eigenvalue weighted by molar-refractivity contribution is 5.27. The molecule has 0 unspecified atom stereocenters. The van der Waals surface area contributed by atoms with Gasteiger partial charge in [0.25, 0.3) is 0 Å². The van der Waals surface area contributed by atoms with Crippen molar-refractivity contribution in [3.8, 4) is 12.3 Å². The molecule has 1 aromatic rings. The summed E-state index contributed by atoms with van der Waals surface area (Å²) in [6, 6.07) is 3.89. The normalized spacial score (nSPS) is 8.62. The number of pyridine rings is 1. The third-order valence-electron chi connectivity index (χ3n) is 1.60. The van der Waals surface area contributed by atoms with E-state index < -0.39 is 0 Å². The smallest absolute Gasteiger partial charge is 0.112 e.